The van der Waals surface area contributed by atoms with Crippen molar-refractivity contribution in [3.8, 4) is 23.0 Å². The van der Waals surface area contributed by atoms with Gasteiger partial charge in [0.1, 0.15) is 0 Å². The first kappa shape index (κ1) is 21.5. The molecule has 0 bridgehead atoms. The Bertz CT molecular complexity index is 1230. The summed E-state index contributed by atoms with van der Waals surface area (Å²) in [5.41, 5.74) is 2.92. The molecule has 1 saturated heterocycles. The van der Waals surface area contributed by atoms with Crippen LogP contribution in [-0.4, -0.2) is 62.7 Å². The first-order valence-electron chi connectivity index (χ1n) is 10.7. The molecule has 1 N–H and O–H groups in total. The van der Waals surface area contributed by atoms with Gasteiger partial charge in [-0.25, -0.2) is 9.67 Å². The van der Waals surface area contributed by atoms with Crippen LogP contribution in [0, 0.1) is 18.3 Å². The zero-order chi connectivity index (χ0) is 22.8. The molecule has 164 valence electrons. The van der Waals surface area contributed by atoms with Crippen LogP contribution in [0.3, 0.4) is 0 Å². The van der Waals surface area contributed by atoms with Gasteiger partial charge >= 0.3 is 0 Å². The average Bonchev–Trinajstić information content (AvgIpc) is 3.19. The van der Waals surface area contributed by atoms with Gasteiger partial charge in [0.05, 0.1) is 22.8 Å². The Morgan fingerprint density at radius 3 is 2.69 bits per heavy atom. The number of benzene rings is 1. The van der Waals surface area contributed by atoms with Crippen molar-refractivity contribution in [3.63, 3.8) is 0 Å². The number of hydrogen-bond donors (Lipinski definition) is 1. The lowest BCUT2D eigenvalue weighted by Gasteiger charge is -2.39. The van der Waals surface area contributed by atoms with Crippen LogP contribution in [-0.2, 0) is 0 Å². The number of piperazine rings is 1. The number of hydrogen-bond acceptors (Lipinski definition) is 5. The number of H-pyrrole nitrogens is 1. The number of nitrogens with one attached hydrogen (secondary N) is 1. The Morgan fingerprint density at radius 1 is 1.25 bits per heavy atom. The Morgan fingerprint density at radius 2 is 2.06 bits per heavy atom. The minimum atomic E-state index is -0.242. The number of pyridine rings is 1. The minimum absolute atomic E-state index is 0.0422. The molecular weight excluding hydrogens is 404 g/mol. The molecule has 0 spiro atoms. The maximum atomic E-state index is 13.0. The van der Waals surface area contributed by atoms with Crippen LogP contribution < -0.4 is 5.56 Å². The maximum absolute atomic E-state index is 13.0. The molecule has 32 heavy (non-hydrogen) atoms. The Kier molecular flexibility index (Phi) is 5.93. The number of amides is 1. The number of aromatic nitrogens is 3. The van der Waals surface area contributed by atoms with Gasteiger partial charge in [0.2, 0.25) is 0 Å². The first-order chi connectivity index (χ1) is 15.4. The monoisotopic (exact) mass is 430 g/mol. The fraction of sp³-hybridized carbons (Fsp3) is 0.333. The number of nitrogens with zero attached hydrogens (tertiary/aromatic N) is 5. The number of nitriles is 1. The van der Waals surface area contributed by atoms with E-state index in [0.29, 0.717) is 41.6 Å². The summed E-state index contributed by atoms with van der Waals surface area (Å²) in [6, 6.07) is 11.0. The summed E-state index contributed by atoms with van der Waals surface area (Å²) in [6.07, 6.45) is 3.15. The third kappa shape index (κ3) is 3.95. The summed E-state index contributed by atoms with van der Waals surface area (Å²) in [4.78, 5) is 34.5. The van der Waals surface area contributed by atoms with E-state index in [9.17, 15) is 9.59 Å². The molecule has 8 nitrogen and oxygen atoms in total. The van der Waals surface area contributed by atoms with E-state index in [1.165, 1.54) is 10.9 Å². The highest BCUT2D eigenvalue weighted by molar-refractivity contribution is 5.94. The standard InChI is InChI=1S/C24H26N6O2/c1-4-28-9-10-29(15-17(28)3)23(31)19-6-8-22(26-13-19)30-24(32)21(14-27-30)20-7-5-18(12-25)11-16(20)2/h5-8,11,13-14,17,27H,4,9-10,15H2,1-3H3. The van der Waals surface area contributed by atoms with Crippen molar-refractivity contribution < 1.29 is 4.79 Å². The third-order valence-electron chi connectivity index (χ3n) is 6.10. The SMILES string of the molecule is CCN1CCN(C(=O)c2ccc(-n3[nH]cc(-c4ccc(C#N)cc4C)c3=O)nc2)CC1C. The molecule has 1 atom stereocenters. The fourth-order valence-corrected chi connectivity index (χ4v) is 4.25. The van der Waals surface area contributed by atoms with E-state index in [4.69, 9.17) is 5.26 Å². The molecule has 0 saturated carbocycles. The molecule has 0 aliphatic carbocycles. The molecule has 8 heteroatoms. The van der Waals surface area contributed by atoms with Gasteiger partial charge in [-0.2, -0.15) is 5.26 Å². The van der Waals surface area contributed by atoms with Crippen molar-refractivity contribution in [2.75, 3.05) is 26.2 Å². The zero-order valence-corrected chi connectivity index (χ0v) is 18.5. The van der Waals surface area contributed by atoms with Crippen LogP contribution in [0.25, 0.3) is 16.9 Å². The molecule has 4 rings (SSSR count). The van der Waals surface area contributed by atoms with Gasteiger partial charge in [-0.3, -0.25) is 19.6 Å². The van der Waals surface area contributed by atoms with Crippen molar-refractivity contribution in [1.82, 2.24) is 24.6 Å². The van der Waals surface area contributed by atoms with Crippen molar-refractivity contribution in [2.24, 2.45) is 0 Å². The Labute approximate surface area is 186 Å². The predicted molar refractivity (Wildman–Crippen MR) is 122 cm³/mol. The van der Waals surface area contributed by atoms with Crippen LogP contribution in [0.1, 0.15) is 35.3 Å². The highest BCUT2D eigenvalue weighted by Crippen LogP contribution is 2.21. The van der Waals surface area contributed by atoms with Gasteiger partial charge in [0.15, 0.2) is 5.82 Å². The molecule has 3 aromatic rings. The van der Waals surface area contributed by atoms with Crippen molar-refractivity contribution in [1.29, 1.82) is 5.26 Å². The topological polar surface area (TPSA) is 98.0 Å². The number of aromatic amines is 1. The van der Waals surface area contributed by atoms with Gasteiger partial charge in [-0.1, -0.05) is 13.0 Å². The highest BCUT2D eigenvalue weighted by atomic mass is 16.2. The van der Waals surface area contributed by atoms with Crippen LogP contribution >= 0.6 is 0 Å². The molecule has 1 aliphatic rings. The second-order valence-corrected chi connectivity index (χ2v) is 8.10. The molecule has 1 fully saturated rings. The number of rotatable bonds is 4. The lowest BCUT2D eigenvalue weighted by atomic mass is 10.0. The summed E-state index contributed by atoms with van der Waals surface area (Å²) in [7, 11) is 0. The number of likely N-dealkylation sites (N-methyl/N-ethyl adjacent to an activating group) is 1. The fourth-order valence-electron chi connectivity index (χ4n) is 4.25. The number of carbonyl (C=O) groups is 1. The molecular formula is C24H26N6O2. The van der Waals surface area contributed by atoms with Gasteiger partial charge in [-0.05, 0) is 55.8 Å². The Balaban J connectivity index is 1.55. The highest BCUT2D eigenvalue weighted by Gasteiger charge is 2.26. The summed E-state index contributed by atoms with van der Waals surface area (Å²) < 4.78 is 1.35. The van der Waals surface area contributed by atoms with E-state index < -0.39 is 0 Å². The summed E-state index contributed by atoms with van der Waals surface area (Å²) in [6.45, 7) is 9.37. The van der Waals surface area contributed by atoms with E-state index in [2.05, 4.69) is 34.9 Å². The second kappa shape index (κ2) is 8.81. The van der Waals surface area contributed by atoms with Gasteiger partial charge in [0.25, 0.3) is 11.5 Å². The molecule has 1 aliphatic heterocycles. The quantitative estimate of drug-likeness (QED) is 0.686. The van der Waals surface area contributed by atoms with Crippen LogP contribution in [0.15, 0.2) is 47.5 Å². The third-order valence-corrected chi connectivity index (χ3v) is 6.10. The van der Waals surface area contributed by atoms with Gasteiger partial charge in [-0.15, -0.1) is 0 Å². The normalized spacial score (nSPS) is 16.7. The molecule has 2 aromatic heterocycles. The average molecular weight is 431 g/mol. The van der Waals surface area contributed by atoms with E-state index in [1.54, 1.807) is 36.5 Å². The van der Waals surface area contributed by atoms with E-state index in [1.807, 2.05) is 11.8 Å². The van der Waals surface area contributed by atoms with Crippen molar-refractivity contribution in [2.45, 2.75) is 26.8 Å². The van der Waals surface area contributed by atoms with Crippen LogP contribution in [0.5, 0.6) is 0 Å². The van der Waals surface area contributed by atoms with E-state index >= 15 is 0 Å². The van der Waals surface area contributed by atoms with Gasteiger partial charge < -0.3 is 4.90 Å². The smallest absolute Gasteiger partial charge is 0.280 e. The molecule has 1 unspecified atom stereocenters. The second-order valence-electron chi connectivity index (χ2n) is 8.10. The predicted octanol–water partition coefficient (Wildman–Crippen LogP) is 2.57. The summed E-state index contributed by atoms with van der Waals surface area (Å²) in [5.74, 6) is 0.368. The van der Waals surface area contributed by atoms with Crippen LogP contribution in [0.4, 0.5) is 0 Å². The Hall–Kier alpha value is -3.70. The molecule has 1 amide bonds. The summed E-state index contributed by atoms with van der Waals surface area (Å²) >= 11 is 0. The maximum Gasteiger partial charge on any atom is 0.280 e. The van der Waals surface area contributed by atoms with E-state index in [-0.39, 0.29) is 11.5 Å². The molecule has 0 radical (unpaired) electrons. The van der Waals surface area contributed by atoms with Crippen molar-refractivity contribution >= 4 is 5.91 Å². The number of aryl methyl sites for hydroxylation is 1. The molecule has 3 heterocycles. The van der Waals surface area contributed by atoms with E-state index in [0.717, 1.165) is 24.2 Å². The lowest BCUT2D eigenvalue weighted by molar-refractivity contribution is 0.0528. The zero-order valence-electron chi connectivity index (χ0n) is 18.5. The lowest BCUT2D eigenvalue weighted by Crippen LogP contribution is -2.53. The minimum Gasteiger partial charge on any atom is -0.336 e. The van der Waals surface area contributed by atoms with Gasteiger partial charge in [0, 0.05) is 38.1 Å². The first-order valence-corrected chi connectivity index (χ1v) is 10.7. The summed E-state index contributed by atoms with van der Waals surface area (Å²) in [5, 5.41) is 12.0. The molecule has 1 aromatic carbocycles. The largest absolute Gasteiger partial charge is 0.336 e. The number of carbonyl (C=O) groups excluding carboxylic acids is 1. The van der Waals surface area contributed by atoms with Crippen molar-refractivity contribution in [3.05, 3.63) is 69.8 Å². The van der Waals surface area contributed by atoms with Crippen LogP contribution in [0.2, 0.25) is 0 Å².